The van der Waals surface area contributed by atoms with Crippen LogP contribution in [0.5, 0.6) is 0 Å². The summed E-state index contributed by atoms with van der Waals surface area (Å²) < 4.78 is 1.94. The van der Waals surface area contributed by atoms with E-state index in [1.165, 1.54) is 4.88 Å². The fraction of sp³-hybridized carbons (Fsp3) is 0.529. The second kappa shape index (κ2) is 10.0. The third kappa shape index (κ3) is 5.89. The number of likely N-dealkylation sites (tertiary alicyclic amines) is 1. The number of amides is 1. The lowest BCUT2D eigenvalue weighted by Crippen LogP contribution is -2.51. The van der Waals surface area contributed by atoms with Gasteiger partial charge in [-0.3, -0.25) is 4.79 Å². The third-order valence-corrected chi connectivity index (χ3v) is 5.42. The smallest absolute Gasteiger partial charge is 0.222 e. The normalized spacial score (nSPS) is 17.6. The molecule has 3 heterocycles. The van der Waals surface area contributed by atoms with Crippen molar-refractivity contribution >= 4 is 47.2 Å². The molecule has 2 aromatic rings. The summed E-state index contributed by atoms with van der Waals surface area (Å²) in [5, 5.41) is 17.1. The van der Waals surface area contributed by atoms with Gasteiger partial charge in [-0.15, -0.1) is 45.5 Å². The minimum Gasteiger partial charge on any atom is -0.352 e. The van der Waals surface area contributed by atoms with Crippen LogP contribution < -0.4 is 10.6 Å². The summed E-state index contributed by atoms with van der Waals surface area (Å²) >= 11 is 1.71. The Balaban J connectivity index is 0.00000261. The highest BCUT2D eigenvalue weighted by molar-refractivity contribution is 14.0. The SMILES string of the molecule is Cc1nnc(CN=C(NCc2cccs2)NC2CCC(=O)N(C)C2)n1C.I. The lowest BCUT2D eigenvalue weighted by Gasteiger charge is -2.31. The lowest BCUT2D eigenvalue weighted by atomic mass is 10.1. The van der Waals surface area contributed by atoms with Crippen molar-refractivity contribution in [1.82, 2.24) is 30.3 Å². The highest BCUT2D eigenvalue weighted by Gasteiger charge is 2.23. The molecule has 3 rings (SSSR count). The van der Waals surface area contributed by atoms with Gasteiger partial charge in [-0.25, -0.2) is 4.99 Å². The molecule has 0 saturated carbocycles. The highest BCUT2D eigenvalue weighted by atomic mass is 127. The highest BCUT2D eigenvalue weighted by Crippen LogP contribution is 2.10. The number of carbonyl (C=O) groups excluding carboxylic acids is 1. The van der Waals surface area contributed by atoms with Crippen LogP contribution in [0.15, 0.2) is 22.5 Å². The number of hydrogen-bond donors (Lipinski definition) is 2. The molecule has 0 radical (unpaired) electrons. The van der Waals surface area contributed by atoms with Crippen molar-refractivity contribution < 1.29 is 4.79 Å². The molecule has 1 saturated heterocycles. The molecule has 1 atom stereocenters. The summed E-state index contributed by atoms with van der Waals surface area (Å²) in [5.74, 6) is 2.61. The summed E-state index contributed by atoms with van der Waals surface area (Å²) in [4.78, 5) is 19.4. The van der Waals surface area contributed by atoms with Gasteiger partial charge in [-0.05, 0) is 24.8 Å². The number of aromatic nitrogens is 3. The molecular formula is C17H26IN7OS. The van der Waals surface area contributed by atoms with E-state index >= 15 is 0 Å². The summed E-state index contributed by atoms with van der Waals surface area (Å²) in [7, 11) is 3.78. The first-order valence-corrected chi connectivity index (χ1v) is 9.57. The maximum atomic E-state index is 11.7. The molecule has 10 heteroatoms. The monoisotopic (exact) mass is 503 g/mol. The minimum absolute atomic E-state index is 0. The van der Waals surface area contributed by atoms with Gasteiger partial charge in [0.15, 0.2) is 11.8 Å². The zero-order valence-corrected chi connectivity index (χ0v) is 19.0. The number of nitrogens with zero attached hydrogens (tertiary/aromatic N) is 5. The van der Waals surface area contributed by atoms with Crippen LogP contribution in [0.1, 0.15) is 29.4 Å². The predicted molar refractivity (Wildman–Crippen MR) is 117 cm³/mol. The maximum absolute atomic E-state index is 11.7. The molecule has 0 aromatic carbocycles. The van der Waals surface area contributed by atoms with Gasteiger partial charge in [0, 0.05) is 38.0 Å². The predicted octanol–water partition coefficient (Wildman–Crippen LogP) is 1.66. The molecule has 148 valence electrons. The van der Waals surface area contributed by atoms with E-state index in [0.717, 1.165) is 24.0 Å². The van der Waals surface area contributed by atoms with E-state index in [1.807, 2.05) is 31.7 Å². The topological polar surface area (TPSA) is 87.4 Å². The number of thiophene rings is 1. The molecule has 1 amide bonds. The summed E-state index contributed by atoms with van der Waals surface area (Å²) in [6, 6.07) is 4.32. The Labute approximate surface area is 180 Å². The minimum atomic E-state index is 0. The van der Waals surface area contributed by atoms with Gasteiger partial charge in [-0.2, -0.15) is 0 Å². The molecule has 2 N–H and O–H groups in total. The van der Waals surface area contributed by atoms with Crippen molar-refractivity contribution in [2.75, 3.05) is 13.6 Å². The van der Waals surface area contributed by atoms with E-state index in [0.29, 0.717) is 26.1 Å². The Kier molecular flexibility index (Phi) is 8.02. The van der Waals surface area contributed by atoms with Crippen LogP contribution >= 0.6 is 35.3 Å². The quantitative estimate of drug-likeness (QED) is 0.368. The van der Waals surface area contributed by atoms with Crippen LogP contribution in [0, 0.1) is 6.92 Å². The lowest BCUT2D eigenvalue weighted by molar-refractivity contribution is -0.132. The number of aliphatic imine (C=N–C) groups is 1. The number of carbonyl (C=O) groups is 1. The van der Waals surface area contributed by atoms with Gasteiger partial charge in [-0.1, -0.05) is 6.07 Å². The molecular weight excluding hydrogens is 477 g/mol. The Morgan fingerprint density at radius 2 is 2.22 bits per heavy atom. The number of halogens is 1. The third-order valence-electron chi connectivity index (χ3n) is 4.54. The number of likely N-dealkylation sites (N-methyl/N-ethyl adjacent to an activating group) is 1. The van der Waals surface area contributed by atoms with Crippen molar-refractivity contribution in [2.45, 2.75) is 38.9 Å². The van der Waals surface area contributed by atoms with Gasteiger partial charge in [0.1, 0.15) is 12.4 Å². The fourth-order valence-corrected chi connectivity index (χ4v) is 3.44. The van der Waals surface area contributed by atoms with Gasteiger partial charge in [0.05, 0.1) is 6.54 Å². The van der Waals surface area contributed by atoms with Crippen LogP contribution in [0.3, 0.4) is 0 Å². The van der Waals surface area contributed by atoms with E-state index < -0.39 is 0 Å². The maximum Gasteiger partial charge on any atom is 0.222 e. The van der Waals surface area contributed by atoms with E-state index in [-0.39, 0.29) is 35.9 Å². The fourth-order valence-electron chi connectivity index (χ4n) is 2.80. The van der Waals surface area contributed by atoms with E-state index in [2.05, 4.69) is 37.3 Å². The van der Waals surface area contributed by atoms with Crippen LogP contribution in [0.2, 0.25) is 0 Å². The zero-order chi connectivity index (χ0) is 18.5. The van der Waals surface area contributed by atoms with Gasteiger partial charge < -0.3 is 20.1 Å². The molecule has 0 spiro atoms. The Morgan fingerprint density at radius 3 is 2.85 bits per heavy atom. The molecule has 0 aliphatic carbocycles. The van der Waals surface area contributed by atoms with Gasteiger partial charge >= 0.3 is 0 Å². The first kappa shape index (κ1) is 21.6. The molecule has 8 nitrogen and oxygen atoms in total. The summed E-state index contributed by atoms with van der Waals surface area (Å²) in [6.45, 7) is 3.76. The average Bonchev–Trinajstić information content (AvgIpc) is 3.25. The van der Waals surface area contributed by atoms with E-state index in [4.69, 9.17) is 0 Å². The van der Waals surface area contributed by atoms with Crippen molar-refractivity contribution in [3.63, 3.8) is 0 Å². The Morgan fingerprint density at radius 1 is 1.41 bits per heavy atom. The number of piperidine rings is 1. The second-order valence-electron chi connectivity index (χ2n) is 6.47. The second-order valence-corrected chi connectivity index (χ2v) is 7.51. The van der Waals surface area contributed by atoms with Crippen molar-refractivity contribution in [1.29, 1.82) is 0 Å². The zero-order valence-electron chi connectivity index (χ0n) is 15.8. The molecule has 27 heavy (non-hydrogen) atoms. The van der Waals surface area contributed by atoms with E-state index in [1.54, 1.807) is 16.2 Å². The van der Waals surface area contributed by atoms with E-state index in [9.17, 15) is 4.79 Å². The average molecular weight is 503 g/mol. The largest absolute Gasteiger partial charge is 0.352 e. The number of nitrogens with one attached hydrogen (secondary N) is 2. The van der Waals surface area contributed by atoms with Crippen molar-refractivity contribution in [2.24, 2.45) is 12.0 Å². The standard InChI is InChI=1S/C17H25N7OS.HI/c1-12-21-22-15(24(12)3)10-19-17(18-9-14-5-4-8-26-14)20-13-6-7-16(25)23(2)11-13;/h4-5,8,13H,6-7,9-11H2,1-3H3,(H2,18,19,20);1H. The first-order chi connectivity index (χ1) is 12.5. The van der Waals surface area contributed by atoms with Crippen LogP contribution in [0.4, 0.5) is 0 Å². The Hall–Kier alpha value is -1.69. The molecule has 1 aliphatic rings. The molecule has 1 unspecified atom stereocenters. The molecule has 2 aromatic heterocycles. The summed E-state index contributed by atoms with van der Waals surface area (Å²) in [6.07, 6.45) is 1.38. The van der Waals surface area contributed by atoms with Crippen molar-refractivity contribution in [3.8, 4) is 0 Å². The van der Waals surface area contributed by atoms with Crippen LogP contribution in [0.25, 0.3) is 0 Å². The summed E-state index contributed by atoms with van der Waals surface area (Å²) in [5.41, 5.74) is 0. The molecule has 1 aliphatic heterocycles. The first-order valence-electron chi connectivity index (χ1n) is 8.69. The number of rotatable bonds is 5. The number of hydrogen-bond acceptors (Lipinski definition) is 5. The van der Waals surface area contributed by atoms with Crippen LogP contribution in [-0.4, -0.2) is 51.2 Å². The number of aryl methyl sites for hydroxylation is 1. The Bertz CT molecular complexity index is 774. The number of guanidine groups is 1. The molecule has 1 fully saturated rings. The van der Waals surface area contributed by atoms with Crippen LogP contribution in [-0.2, 0) is 24.9 Å². The molecule has 0 bridgehead atoms. The van der Waals surface area contributed by atoms with Crippen molar-refractivity contribution in [3.05, 3.63) is 34.0 Å². The van der Waals surface area contributed by atoms with Gasteiger partial charge in [0.2, 0.25) is 5.91 Å². The van der Waals surface area contributed by atoms with Gasteiger partial charge in [0.25, 0.3) is 0 Å².